The first-order valence-corrected chi connectivity index (χ1v) is 8.18. The van der Waals surface area contributed by atoms with Gasteiger partial charge in [-0.15, -0.1) is 0 Å². The Balaban J connectivity index is 1.35. The van der Waals surface area contributed by atoms with Crippen LogP contribution in [0.25, 0.3) is 0 Å². The van der Waals surface area contributed by atoms with Gasteiger partial charge in [0.1, 0.15) is 19.0 Å². The highest BCUT2D eigenvalue weighted by molar-refractivity contribution is 5.78. The highest BCUT2D eigenvalue weighted by atomic mass is 16.6. The van der Waals surface area contributed by atoms with Gasteiger partial charge in [0, 0.05) is 13.0 Å². The van der Waals surface area contributed by atoms with Crippen LogP contribution in [-0.2, 0) is 24.2 Å². The standard InChI is InChI=1S/C19H19NO4/c21-19(11-13-1-3-16-15(9-13)5-6-22-16)20-12-14-2-4-17-18(10-14)24-8-7-23-17/h1-4,9-10H,5-8,11-12H2,(H,20,21). The predicted molar refractivity (Wildman–Crippen MR) is 88.6 cm³/mol. The van der Waals surface area contributed by atoms with Crippen molar-refractivity contribution in [3.8, 4) is 17.2 Å². The van der Waals surface area contributed by atoms with Gasteiger partial charge in [0.05, 0.1) is 13.0 Å². The smallest absolute Gasteiger partial charge is 0.224 e. The number of amides is 1. The third-order valence-electron chi connectivity index (χ3n) is 4.21. The molecule has 4 rings (SSSR count). The zero-order chi connectivity index (χ0) is 16.4. The number of rotatable bonds is 4. The fourth-order valence-electron chi connectivity index (χ4n) is 3.00. The molecule has 0 atom stereocenters. The molecule has 2 heterocycles. The molecule has 2 aromatic carbocycles. The molecule has 0 bridgehead atoms. The van der Waals surface area contributed by atoms with Gasteiger partial charge in [-0.25, -0.2) is 0 Å². The summed E-state index contributed by atoms with van der Waals surface area (Å²) in [5.74, 6) is 2.45. The molecule has 0 fully saturated rings. The third-order valence-corrected chi connectivity index (χ3v) is 4.21. The van der Waals surface area contributed by atoms with Gasteiger partial charge in [0.25, 0.3) is 0 Å². The Morgan fingerprint density at radius 1 is 0.875 bits per heavy atom. The first-order valence-electron chi connectivity index (χ1n) is 8.18. The monoisotopic (exact) mass is 325 g/mol. The van der Waals surface area contributed by atoms with Gasteiger partial charge in [0.2, 0.25) is 5.91 Å². The van der Waals surface area contributed by atoms with Crippen LogP contribution in [0.3, 0.4) is 0 Å². The number of benzene rings is 2. The lowest BCUT2D eigenvalue weighted by Crippen LogP contribution is -2.24. The minimum absolute atomic E-state index is 0.00348. The van der Waals surface area contributed by atoms with Crippen LogP contribution in [0, 0.1) is 0 Å². The number of ether oxygens (including phenoxy) is 3. The highest BCUT2D eigenvalue weighted by Gasteiger charge is 2.14. The number of carbonyl (C=O) groups is 1. The Hall–Kier alpha value is -2.69. The molecule has 0 spiro atoms. The average molecular weight is 325 g/mol. The van der Waals surface area contributed by atoms with Gasteiger partial charge in [-0.2, -0.15) is 0 Å². The van der Waals surface area contributed by atoms with E-state index >= 15 is 0 Å². The van der Waals surface area contributed by atoms with E-state index in [2.05, 4.69) is 11.4 Å². The minimum atomic E-state index is 0.00348. The lowest BCUT2D eigenvalue weighted by Gasteiger charge is -2.19. The molecule has 5 nitrogen and oxygen atoms in total. The molecule has 2 aliphatic heterocycles. The van der Waals surface area contributed by atoms with Gasteiger partial charge in [0.15, 0.2) is 11.5 Å². The van der Waals surface area contributed by atoms with Crippen molar-refractivity contribution >= 4 is 5.91 Å². The van der Waals surface area contributed by atoms with E-state index in [1.165, 1.54) is 5.56 Å². The first-order chi connectivity index (χ1) is 11.8. The fourth-order valence-corrected chi connectivity index (χ4v) is 3.00. The van der Waals surface area contributed by atoms with E-state index in [1.54, 1.807) is 0 Å². The van der Waals surface area contributed by atoms with Crippen LogP contribution in [0.2, 0.25) is 0 Å². The SMILES string of the molecule is O=C(Cc1ccc2c(c1)CCO2)NCc1ccc2c(c1)OCCO2. The van der Waals surface area contributed by atoms with Crippen LogP contribution in [0.4, 0.5) is 0 Å². The summed E-state index contributed by atoms with van der Waals surface area (Å²) in [7, 11) is 0. The zero-order valence-corrected chi connectivity index (χ0v) is 13.3. The molecule has 0 saturated heterocycles. The summed E-state index contributed by atoms with van der Waals surface area (Å²) in [5.41, 5.74) is 3.20. The molecule has 0 saturated carbocycles. The molecule has 0 aromatic heterocycles. The molecule has 1 N–H and O–H groups in total. The summed E-state index contributed by atoms with van der Waals surface area (Å²) in [4.78, 5) is 12.2. The Kier molecular flexibility index (Phi) is 3.99. The third kappa shape index (κ3) is 3.15. The molecule has 124 valence electrons. The van der Waals surface area contributed by atoms with Crippen molar-refractivity contribution in [2.45, 2.75) is 19.4 Å². The van der Waals surface area contributed by atoms with Gasteiger partial charge in [-0.05, 0) is 34.9 Å². The summed E-state index contributed by atoms with van der Waals surface area (Å²) in [5, 5.41) is 2.96. The van der Waals surface area contributed by atoms with Crippen molar-refractivity contribution in [3.05, 3.63) is 53.1 Å². The molecule has 5 heteroatoms. The van der Waals surface area contributed by atoms with E-state index in [0.717, 1.165) is 41.4 Å². The normalized spacial score (nSPS) is 14.7. The molecule has 0 radical (unpaired) electrons. The van der Waals surface area contributed by atoms with Crippen molar-refractivity contribution in [2.24, 2.45) is 0 Å². The Labute approximate surface area is 140 Å². The Morgan fingerprint density at radius 2 is 1.62 bits per heavy atom. The van der Waals surface area contributed by atoms with Crippen molar-refractivity contribution in [2.75, 3.05) is 19.8 Å². The molecule has 24 heavy (non-hydrogen) atoms. The summed E-state index contributed by atoms with van der Waals surface area (Å²) in [6.07, 6.45) is 1.29. The number of nitrogens with one attached hydrogen (secondary N) is 1. The molecule has 0 unspecified atom stereocenters. The van der Waals surface area contributed by atoms with E-state index < -0.39 is 0 Å². The maximum Gasteiger partial charge on any atom is 0.224 e. The van der Waals surface area contributed by atoms with Crippen molar-refractivity contribution in [3.63, 3.8) is 0 Å². The van der Waals surface area contributed by atoms with Crippen molar-refractivity contribution in [1.29, 1.82) is 0 Å². The lowest BCUT2D eigenvalue weighted by atomic mass is 10.1. The number of carbonyl (C=O) groups excluding carboxylic acids is 1. The predicted octanol–water partition coefficient (Wildman–Crippen LogP) is 2.25. The van der Waals surface area contributed by atoms with Gasteiger partial charge in [-0.1, -0.05) is 18.2 Å². The summed E-state index contributed by atoms with van der Waals surface area (Å²) in [6, 6.07) is 11.7. The molecule has 2 aliphatic rings. The Bertz CT molecular complexity index is 772. The number of hydrogen-bond donors (Lipinski definition) is 1. The molecule has 2 aromatic rings. The van der Waals surface area contributed by atoms with Gasteiger partial charge >= 0.3 is 0 Å². The van der Waals surface area contributed by atoms with Crippen LogP contribution >= 0.6 is 0 Å². The topological polar surface area (TPSA) is 56.8 Å². The molecular weight excluding hydrogens is 306 g/mol. The van der Waals surface area contributed by atoms with Gasteiger partial charge < -0.3 is 19.5 Å². The van der Waals surface area contributed by atoms with Crippen molar-refractivity contribution < 1.29 is 19.0 Å². The molecule has 0 aliphatic carbocycles. The van der Waals surface area contributed by atoms with Crippen LogP contribution in [0.1, 0.15) is 16.7 Å². The fraction of sp³-hybridized carbons (Fsp3) is 0.316. The average Bonchev–Trinajstić information content (AvgIpc) is 3.07. The number of fused-ring (bicyclic) bond motifs is 2. The first kappa shape index (κ1) is 14.9. The highest BCUT2D eigenvalue weighted by Crippen LogP contribution is 2.30. The van der Waals surface area contributed by atoms with Crippen LogP contribution < -0.4 is 19.5 Å². The van der Waals surface area contributed by atoms with Crippen LogP contribution in [0.5, 0.6) is 17.2 Å². The second kappa shape index (κ2) is 6.43. The zero-order valence-electron chi connectivity index (χ0n) is 13.3. The minimum Gasteiger partial charge on any atom is -0.493 e. The summed E-state index contributed by atoms with van der Waals surface area (Å²) in [6.45, 7) is 2.35. The van der Waals surface area contributed by atoms with E-state index in [-0.39, 0.29) is 5.91 Å². The van der Waals surface area contributed by atoms with Crippen LogP contribution in [-0.4, -0.2) is 25.7 Å². The number of hydrogen-bond acceptors (Lipinski definition) is 4. The van der Waals surface area contributed by atoms with E-state index in [4.69, 9.17) is 14.2 Å². The van der Waals surface area contributed by atoms with E-state index in [0.29, 0.717) is 26.2 Å². The maximum atomic E-state index is 12.2. The second-order valence-corrected chi connectivity index (χ2v) is 5.97. The second-order valence-electron chi connectivity index (χ2n) is 5.97. The maximum absolute atomic E-state index is 12.2. The van der Waals surface area contributed by atoms with Crippen LogP contribution in [0.15, 0.2) is 36.4 Å². The lowest BCUT2D eigenvalue weighted by molar-refractivity contribution is -0.120. The van der Waals surface area contributed by atoms with Gasteiger partial charge in [-0.3, -0.25) is 4.79 Å². The van der Waals surface area contributed by atoms with E-state index in [9.17, 15) is 4.79 Å². The van der Waals surface area contributed by atoms with Crippen molar-refractivity contribution in [1.82, 2.24) is 5.32 Å². The summed E-state index contributed by atoms with van der Waals surface area (Å²) >= 11 is 0. The molecular formula is C19H19NO4. The summed E-state index contributed by atoms with van der Waals surface area (Å²) < 4.78 is 16.5. The largest absolute Gasteiger partial charge is 0.493 e. The van der Waals surface area contributed by atoms with E-state index in [1.807, 2.05) is 30.3 Å². The molecule has 1 amide bonds. The quantitative estimate of drug-likeness (QED) is 0.937. The Morgan fingerprint density at radius 3 is 2.54 bits per heavy atom.